The molecule has 0 rings (SSSR count). The topological polar surface area (TPSA) is 20.2 Å². The van der Waals surface area contributed by atoms with Crippen LogP contribution in [0.5, 0.6) is 0 Å². The lowest BCUT2D eigenvalue weighted by Crippen LogP contribution is -1.87. The van der Waals surface area contributed by atoms with E-state index < -0.39 is 0 Å². The molecule has 0 fully saturated rings. The average Bonchev–Trinajstić information content (AvgIpc) is 2.57. The van der Waals surface area contributed by atoms with Crippen molar-refractivity contribution in [3.8, 4) is 0 Å². The van der Waals surface area contributed by atoms with Crippen LogP contribution < -0.4 is 0 Å². The van der Waals surface area contributed by atoms with Gasteiger partial charge in [-0.25, -0.2) is 0 Å². The third-order valence-corrected chi connectivity index (χ3v) is 5.74. The Morgan fingerprint density at radius 3 is 1.22 bits per heavy atom. The molecule has 1 nitrogen and oxygen atoms in total. The van der Waals surface area contributed by atoms with E-state index in [9.17, 15) is 0 Å². The average molecular weight is 345 g/mol. The van der Waals surface area contributed by atoms with Crippen LogP contribution in [0.25, 0.3) is 0 Å². The van der Waals surface area contributed by atoms with E-state index in [0.29, 0.717) is 6.61 Å². The van der Waals surface area contributed by atoms with E-state index in [1.807, 2.05) is 0 Å². The molecule has 0 amide bonds. The van der Waals surface area contributed by atoms with Gasteiger partial charge in [-0.1, -0.05) is 96.8 Å². The zero-order valence-corrected chi connectivity index (χ0v) is 16.8. The molecule has 0 radical (unpaired) electrons. The molecule has 0 spiro atoms. The summed E-state index contributed by atoms with van der Waals surface area (Å²) in [6, 6.07) is 0. The predicted octanol–water partition coefficient (Wildman–Crippen LogP) is 7.36. The molecule has 0 aliphatic rings. The molecular formula is C21H44OS. The molecule has 23 heavy (non-hydrogen) atoms. The van der Waals surface area contributed by atoms with Gasteiger partial charge in [0.25, 0.3) is 0 Å². The summed E-state index contributed by atoms with van der Waals surface area (Å²) in [6.07, 6.45) is 23.5. The summed E-state index contributed by atoms with van der Waals surface area (Å²) in [5.41, 5.74) is 0. The number of thioether (sulfide) groups is 1. The Hall–Kier alpha value is 0.310. The van der Waals surface area contributed by atoms with Crippen molar-refractivity contribution in [2.75, 3.05) is 18.1 Å². The maximum absolute atomic E-state index is 8.71. The fraction of sp³-hybridized carbons (Fsp3) is 1.00. The lowest BCUT2D eigenvalue weighted by molar-refractivity contribution is 0.282. The SMILES string of the molecule is CCCCCCCCCCSCCCCCCCCCCCO. The second-order valence-electron chi connectivity index (χ2n) is 6.99. The molecule has 0 saturated heterocycles. The van der Waals surface area contributed by atoms with Crippen LogP contribution in [0.4, 0.5) is 0 Å². The summed E-state index contributed by atoms with van der Waals surface area (Å²) in [6.45, 7) is 2.66. The molecular weight excluding hydrogens is 300 g/mol. The molecule has 0 aromatic heterocycles. The van der Waals surface area contributed by atoms with Crippen LogP contribution in [0.15, 0.2) is 0 Å². The molecule has 140 valence electrons. The summed E-state index contributed by atoms with van der Waals surface area (Å²) in [4.78, 5) is 0. The van der Waals surface area contributed by atoms with Crippen molar-refractivity contribution in [3.05, 3.63) is 0 Å². The van der Waals surface area contributed by atoms with Crippen molar-refractivity contribution in [1.82, 2.24) is 0 Å². The van der Waals surface area contributed by atoms with E-state index in [0.717, 1.165) is 6.42 Å². The fourth-order valence-electron chi connectivity index (χ4n) is 2.99. The predicted molar refractivity (Wildman–Crippen MR) is 109 cm³/mol. The smallest absolute Gasteiger partial charge is 0.0431 e. The second kappa shape index (κ2) is 22.3. The molecule has 0 aromatic carbocycles. The van der Waals surface area contributed by atoms with E-state index in [4.69, 9.17) is 5.11 Å². The van der Waals surface area contributed by atoms with Crippen LogP contribution in [0.1, 0.15) is 116 Å². The maximum atomic E-state index is 8.71. The lowest BCUT2D eigenvalue weighted by atomic mass is 10.1. The Bertz CT molecular complexity index is 176. The van der Waals surface area contributed by atoms with Crippen LogP contribution in [0, 0.1) is 0 Å². The molecule has 0 saturated carbocycles. The third-order valence-electron chi connectivity index (χ3n) is 4.59. The third kappa shape index (κ3) is 22.3. The minimum absolute atomic E-state index is 0.372. The number of rotatable bonds is 20. The molecule has 0 unspecified atom stereocenters. The number of aliphatic hydroxyl groups excluding tert-OH is 1. The Morgan fingerprint density at radius 2 is 0.826 bits per heavy atom. The summed E-state index contributed by atoms with van der Waals surface area (Å²) in [5, 5.41) is 8.71. The van der Waals surface area contributed by atoms with Gasteiger partial charge < -0.3 is 5.11 Å². The highest BCUT2D eigenvalue weighted by molar-refractivity contribution is 7.99. The summed E-state index contributed by atoms with van der Waals surface area (Å²) < 4.78 is 0. The lowest BCUT2D eigenvalue weighted by Gasteiger charge is -2.04. The normalized spacial score (nSPS) is 11.2. The van der Waals surface area contributed by atoms with E-state index in [-0.39, 0.29) is 0 Å². The second-order valence-corrected chi connectivity index (χ2v) is 8.22. The van der Waals surface area contributed by atoms with Crippen molar-refractivity contribution in [1.29, 1.82) is 0 Å². The van der Waals surface area contributed by atoms with Gasteiger partial charge in [-0.15, -0.1) is 0 Å². The zero-order chi connectivity index (χ0) is 16.8. The van der Waals surface area contributed by atoms with Gasteiger partial charge in [0.15, 0.2) is 0 Å². The molecule has 1 N–H and O–H groups in total. The van der Waals surface area contributed by atoms with Gasteiger partial charge in [-0.2, -0.15) is 11.8 Å². The van der Waals surface area contributed by atoms with Gasteiger partial charge in [0.05, 0.1) is 0 Å². The molecule has 0 heterocycles. The number of aliphatic hydroxyl groups is 1. The first kappa shape index (κ1) is 23.3. The Balaban J connectivity index is 2.92. The Morgan fingerprint density at radius 1 is 0.478 bits per heavy atom. The zero-order valence-electron chi connectivity index (χ0n) is 16.0. The van der Waals surface area contributed by atoms with E-state index in [2.05, 4.69) is 18.7 Å². The largest absolute Gasteiger partial charge is 0.396 e. The monoisotopic (exact) mass is 344 g/mol. The molecule has 2 heteroatoms. The van der Waals surface area contributed by atoms with Gasteiger partial charge in [-0.3, -0.25) is 0 Å². The van der Waals surface area contributed by atoms with Crippen molar-refractivity contribution in [2.24, 2.45) is 0 Å². The fourth-order valence-corrected chi connectivity index (χ4v) is 4.01. The molecule has 0 bridgehead atoms. The van der Waals surface area contributed by atoms with Crippen LogP contribution in [0.2, 0.25) is 0 Å². The van der Waals surface area contributed by atoms with E-state index in [1.165, 1.54) is 114 Å². The van der Waals surface area contributed by atoms with Crippen LogP contribution in [0.3, 0.4) is 0 Å². The Kier molecular flexibility index (Phi) is 22.6. The number of unbranched alkanes of at least 4 members (excludes halogenated alkanes) is 15. The first-order chi connectivity index (χ1) is 11.4. The van der Waals surface area contributed by atoms with Gasteiger partial charge in [-0.05, 0) is 30.8 Å². The van der Waals surface area contributed by atoms with Crippen molar-refractivity contribution in [3.63, 3.8) is 0 Å². The summed E-state index contributed by atoms with van der Waals surface area (Å²) >= 11 is 2.18. The highest BCUT2D eigenvalue weighted by Gasteiger charge is 1.95. The molecule has 0 aromatic rings. The van der Waals surface area contributed by atoms with Gasteiger partial charge >= 0.3 is 0 Å². The van der Waals surface area contributed by atoms with Crippen molar-refractivity contribution in [2.45, 2.75) is 116 Å². The van der Waals surface area contributed by atoms with E-state index >= 15 is 0 Å². The highest BCUT2D eigenvalue weighted by atomic mass is 32.2. The van der Waals surface area contributed by atoms with E-state index in [1.54, 1.807) is 0 Å². The Labute approximate surface area is 151 Å². The number of hydrogen-bond donors (Lipinski definition) is 1. The van der Waals surface area contributed by atoms with Crippen LogP contribution in [-0.4, -0.2) is 23.2 Å². The van der Waals surface area contributed by atoms with Crippen LogP contribution >= 0.6 is 11.8 Å². The molecule has 0 atom stereocenters. The number of hydrogen-bond acceptors (Lipinski definition) is 2. The summed E-state index contributed by atoms with van der Waals surface area (Å²) in [7, 11) is 0. The quantitative estimate of drug-likeness (QED) is 0.233. The molecule has 0 aliphatic carbocycles. The van der Waals surface area contributed by atoms with Crippen molar-refractivity contribution >= 4 is 11.8 Å². The first-order valence-corrected chi connectivity index (χ1v) is 11.8. The van der Waals surface area contributed by atoms with Gasteiger partial charge in [0.1, 0.15) is 0 Å². The molecule has 0 aliphatic heterocycles. The van der Waals surface area contributed by atoms with Gasteiger partial charge in [0.2, 0.25) is 0 Å². The van der Waals surface area contributed by atoms with Crippen molar-refractivity contribution < 1.29 is 5.11 Å². The minimum Gasteiger partial charge on any atom is -0.396 e. The van der Waals surface area contributed by atoms with Crippen LogP contribution in [-0.2, 0) is 0 Å². The minimum atomic E-state index is 0.372. The summed E-state index contributed by atoms with van der Waals surface area (Å²) in [5.74, 6) is 2.77. The highest BCUT2D eigenvalue weighted by Crippen LogP contribution is 2.14. The van der Waals surface area contributed by atoms with Gasteiger partial charge in [0, 0.05) is 6.61 Å². The maximum Gasteiger partial charge on any atom is 0.0431 e. The standard InChI is InChI=1S/C21H44OS/c1-2-3-4-5-6-11-14-17-20-23-21-18-15-12-9-7-8-10-13-16-19-22/h22H,2-21H2,1H3. The first-order valence-electron chi connectivity index (χ1n) is 10.6.